The lowest BCUT2D eigenvalue weighted by Crippen LogP contribution is -2.47. The number of aryl methyl sites for hydroxylation is 1. The van der Waals surface area contributed by atoms with E-state index in [1.807, 2.05) is 0 Å². The zero-order valence-corrected chi connectivity index (χ0v) is 30.4. The van der Waals surface area contributed by atoms with E-state index >= 15 is 0 Å². The van der Waals surface area contributed by atoms with Gasteiger partial charge in [0.25, 0.3) is 0 Å². The molecule has 0 aliphatic heterocycles. The summed E-state index contributed by atoms with van der Waals surface area (Å²) >= 11 is 0. The average molecular weight is 677 g/mol. The molecule has 2 heteroatoms. The molecule has 10 unspecified atom stereocenters. The maximum atomic E-state index is 2.87. The zero-order valence-electron chi connectivity index (χ0n) is 30.4. The number of fused-ring (bicyclic) bond motifs is 5. The van der Waals surface area contributed by atoms with E-state index in [2.05, 4.69) is 181 Å². The lowest BCUT2D eigenvalue weighted by molar-refractivity contribution is 0.487. The molecule has 258 valence electrons. The molecule has 8 aliphatic rings. The third kappa shape index (κ3) is 4.90. The Morgan fingerprint density at radius 1 is 0.769 bits per heavy atom. The van der Waals surface area contributed by atoms with Crippen molar-refractivity contribution in [2.45, 2.75) is 57.0 Å². The molecule has 3 aromatic rings. The van der Waals surface area contributed by atoms with Gasteiger partial charge in [-0.1, -0.05) is 128 Å². The normalized spacial score (nSPS) is 36.7. The fraction of sp³-hybridized carbons (Fsp3) is 0.320. The molecule has 0 radical (unpaired) electrons. The molecular weight excluding hydrogens is 629 g/mol. The molecule has 0 aromatic heterocycles. The third-order valence-corrected chi connectivity index (χ3v) is 14.0. The number of rotatable bonds is 8. The molecule has 0 bridgehead atoms. The van der Waals surface area contributed by atoms with Gasteiger partial charge in [0.1, 0.15) is 0 Å². The van der Waals surface area contributed by atoms with Crippen molar-refractivity contribution < 1.29 is 0 Å². The second-order valence-electron chi connectivity index (χ2n) is 17.2. The van der Waals surface area contributed by atoms with E-state index < -0.39 is 0 Å². The number of hydrogen-bond acceptors (Lipinski definition) is 2. The van der Waals surface area contributed by atoms with Gasteiger partial charge in [-0.05, 0) is 138 Å². The van der Waals surface area contributed by atoms with Crippen LogP contribution in [0, 0.1) is 47.8 Å². The Kier molecular flexibility index (Phi) is 6.71. The topological polar surface area (TPSA) is 6.48 Å². The third-order valence-electron chi connectivity index (χ3n) is 14.0. The summed E-state index contributed by atoms with van der Waals surface area (Å²) in [4.78, 5) is 5.36. The van der Waals surface area contributed by atoms with Crippen molar-refractivity contribution in [3.05, 3.63) is 192 Å². The molecule has 52 heavy (non-hydrogen) atoms. The first-order valence-electron chi connectivity index (χ1n) is 19.8. The van der Waals surface area contributed by atoms with Crippen molar-refractivity contribution in [1.82, 2.24) is 0 Å². The van der Waals surface area contributed by atoms with E-state index in [1.54, 1.807) is 0 Å². The zero-order chi connectivity index (χ0) is 34.6. The van der Waals surface area contributed by atoms with Gasteiger partial charge >= 0.3 is 0 Å². The second kappa shape index (κ2) is 11.3. The first-order valence-corrected chi connectivity index (χ1v) is 19.8. The quantitative estimate of drug-likeness (QED) is 0.219. The molecule has 0 saturated heterocycles. The molecule has 2 nitrogen and oxygen atoms in total. The summed E-state index contributed by atoms with van der Waals surface area (Å²) in [7, 11) is 0. The molecule has 3 aromatic carbocycles. The van der Waals surface area contributed by atoms with Crippen LogP contribution < -0.4 is 9.80 Å². The monoisotopic (exact) mass is 676 g/mol. The van der Waals surface area contributed by atoms with Crippen LogP contribution in [0.1, 0.15) is 49.7 Å². The first kappa shape index (κ1) is 30.8. The molecule has 0 amide bonds. The van der Waals surface area contributed by atoms with Crippen molar-refractivity contribution in [3.63, 3.8) is 0 Å². The van der Waals surface area contributed by atoms with Crippen molar-refractivity contribution in [2.24, 2.45) is 40.9 Å². The van der Waals surface area contributed by atoms with Crippen LogP contribution in [-0.2, 0) is 0 Å². The van der Waals surface area contributed by atoms with E-state index in [1.165, 1.54) is 64.3 Å². The maximum absolute atomic E-state index is 2.87. The van der Waals surface area contributed by atoms with Gasteiger partial charge in [-0.3, -0.25) is 0 Å². The van der Waals surface area contributed by atoms with Crippen LogP contribution in [0.25, 0.3) is 0 Å². The molecule has 0 heterocycles. The minimum absolute atomic E-state index is 0.123. The predicted molar refractivity (Wildman–Crippen MR) is 215 cm³/mol. The number of anilines is 2. The van der Waals surface area contributed by atoms with E-state index in [0.717, 1.165) is 18.3 Å². The molecule has 8 aliphatic carbocycles. The van der Waals surface area contributed by atoms with Gasteiger partial charge in [0, 0.05) is 22.8 Å². The molecule has 4 saturated carbocycles. The Balaban J connectivity index is 0.862. The van der Waals surface area contributed by atoms with Crippen LogP contribution in [0.3, 0.4) is 0 Å². The summed E-state index contributed by atoms with van der Waals surface area (Å²) in [5.41, 5.74) is 11.3. The lowest BCUT2D eigenvalue weighted by Gasteiger charge is -2.40. The van der Waals surface area contributed by atoms with E-state index in [-0.39, 0.29) is 5.54 Å². The van der Waals surface area contributed by atoms with Gasteiger partial charge in [0.15, 0.2) is 0 Å². The fourth-order valence-electron chi connectivity index (χ4n) is 11.0. The van der Waals surface area contributed by atoms with Crippen molar-refractivity contribution in [2.75, 3.05) is 9.80 Å². The van der Waals surface area contributed by atoms with Crippen molar-refractivity contribution in [3.8, 4) is 0 Å². The van der Waals surface area contributed by atoms with Gasteiger partial charge in [0.2, 0.25) is 0 Å². The number of benzene rings is 3. The predicted octanol–water partition coefficient (Wildman–Crippen LogP) is 11.4. The fourth-order valence-corrected chi connectivity index (χ4v) is 11.0. The highest BCUT2D eigenvalue weighted by Gasteiger charge is 2.72. The number of para-hydroxylation sites is 1. The van der Waals surface area contributed by atoms with Crippen LogP contribution in [-0.4, -0.2) is 11.6 Å². The van der Waals surface area contributed by atoms with Crippen LogP contribution in [0.2, 0.25) is 0 Å². The molecule has 4 fully saturated rings. The Morgan fingerprint density at radius 3 is 2.42 bits per heavy atom. The van der Waals surface area contributed by atoms with Gasteiger partial charge < -0.3 is 9.80 Å². The highest BCUT2D eigenvalue weighted by Crippen LogP contribution is 2.73. The summed E-state index contributed by atoms with van der Waals surface area (Å²) < 4.78 is 0. The van der Waals surface area contributed by atoms with Crippen LogP contribution in [0.5, 0.6) is 0 Å². The Hall–Kier alpha value is -4.82. The first-order chi connectivity index (χ1) is 25.5. The van der Waals surface area contributed by atoms with Crippen molar-refractivity contribution >= 4 is 11.4 Å². The molecule has 10 atom stereocenters. The summed E-state index contributed by atoms with van der Waals surface area (Å²) in [6.45, 7) is 4.61. The van der Waals surface area contributed by atoms with E-state index in [9.17, 15) is 0 Å². The van der Waals surface area contributed by atoms with E-state index in [4.69, 9.17) is 0 Å². The average Bonchev–Trinajstić information content (AvgIpc) is 3.99. The Labute approximate surface area is 309 Å². The van der Waals surface area contributed by atoms with Gasteiger partial charge in [-0.15, -0.1) is 0 Å². The van der Waals surface area contributed by atoms with Crippen LogP contribution in [0.4, 0.5) is 11.4 Å². The smallest absolute Gasteiger partial charge is 0.0627 e. The molecule has 0 N–H and O–H groups in total. The van der Waals surface area contributed by atoms with Gasteiger partial charge in [0.05, 0.1) is 11.6 Å². The second-order valence-corrected chi connectivity index (χ2v) is 17.2. The molecular formula is C50H48N2. The van der Waals surface area contributed by atoms with E-state index in [0.29, 0.717) is 41.0 Å². The Morgan fingerprint density at radius 2 is 1.60 bits per heavy atom. The standard InChI is InChI=1S/C50H48N2/c1-33-12-9-19-39(28-33)51(40-25-23-36-30-49(36,2)31-40)37-18-10-15-34(22-24-37)41-20-11-21-46(44-29-43(41)44)52(38-16-7-4-8-17-38)50-27-26-42-47(48(42)45(50)32-50)35-13-5-3-6-14-35/h3-9,11-28,31,36,42-48H,10,29-30,32H2,1-2H3. The largest absolute Gasteiger partial charge is 0.355 e. The molecule has 11 rings (SSSR count). The minimum Gasteiger partial charge on any atom is -0.355 e. The summed E-state index contributed by atoms with van der Waals surface area (Å²) in [5, 5.41) is 0. The van der Waals surface area contributed by atoms with Gasteiger partial charge in [-0.2, -0.15) is 0 Å². The number of hydrogen-bond donors (Lipinski definition) is 0. The highest BCUT2D eigenvalue weighted by molar-refractivity contribution is 5.67. The van der Waals surface area contributed by atoms with Crippen LogP contribution in [0.15, 0.2) is 180 Å². The SMILES string of the molecule is Cc1cccc(N(C2=CCC=C(C3=CC=CC(N(c4ccccc4)C45C=CC6C(c7ccccc7)C6C4C5)C4CC34)C=C2)C2=CC3(C)CC3C=C2)c1. The van der Waals surface area contributed by atoms with Gasteiger partial charge in [-0.25, -0.2) is 0 Å². The number of allylic oxidation sites excluding steroid dienone is 12. The lowest BCUT2D eigenvalue weighted by atomic mass is 9.95. The minimum atomic E-state index is 0.123. The summed E-state index contributed by atoms with van der Waals surface area (Å²) in [5.74, 6) is 4.79. The maximum Gasteiger partial charge on any atom is 0.0627 e. The van der Waals surface area contributed by atoms with Crippen LogP contribution >= 0.6 is 0 Å². The Bertz CT molecular complexity index is 2190. The molecule has 0 spiro atoms. The van der Waals surface area contributed by atoms with Crippen molar-refractivity contribution in [1.29, 1.82) is 0 Å². The highest BCUT2D eigenvalue weighted by atomic mass is 15.3. The summed E-state index contributed by atoms with van der Waals surface area (Å²) in [6.07, 6.45) is 34.4. The summed E-state index contributed by atoms with van der Waals surface area (Å²) in [6, 6.07) is 32.0. The number of nitrogens with zero attached hydrogens (tertiary/aromatic N) is 2.